The molecule has 6 heteroatoms. The molecule has 1 saturated heterocycles. The standard InChI is InChI=1S/C23H30N4O.HI/c1-24-23(25-15-18-14-20(18)17-8-4-3-5-9-17)26-19-12-13-27(16-19)21-10-6-7-11-22(21)28-2;/h3-11,18-20H,12-16H2,1-2H3,(H2,24,25,26);1H. The van der Waals surface area contributed by atoms with Gasteiger partial charge in [0.1, 0.15) is 5.75 Å². The van der Waals surface area contributed by atoms with Gasteiger partial charge in [-0.15, -0.1) is 24.0 Å². The first-order chi connectivity index (χ1) is 13.8. The van der Waals surface area contributed by atoms with Gasteiger partial charge in [0.05, 0.1) is 12.8 Å². The van der Waals surface area contributed by atoms with Crippen LogP contribution in [0.15, 0.2) is 59.6 Å². The number of hydrogen-bond donors (Lipinski definition) is 2. The van der Waals surface area contributed by atoms with Crippen molar-refractivity contribution >= 4 is 35.6 Å². The molecule has 5 nitrogen and oxygen atoms in total. The third-order valence-electron chi connectivity index (χ3n) is 5.86. The van der Waals surface area contributed by atoms with E-state index in [0.29, 0.717) is 17.9 Å². The molecule has 2 fully saturated rings. The second-order valence-electron chi connectivity index (χ2n) is 7.71. The van der Waals surface area contributed by atoms with E-state index in [9.17, 15) is 0 Å². The Morgan fingerprint density at radius 2 is 1.90 bits per heavy atom. The summed E-state index contributed by atoms with van der Waals surface area (Å²) in [7, 11) is 3.58. The van der Waals surface area contributed by atoms with Crippen molar-refractivity contribution in [2.24, 2.45) is 10.9 Å². The third kappa shape index (κ3) is 5.35. The average Bonchev–Trinajstić information content (AvgIpc) is 3.39. The SMILES string of the molecule is CN=C(NCC1CC1c1ccccc1)NC1CCN(c2ccccc2OC)C1.I. The number of benzene rings is 2. The van der Waals surface area contributed by atoms with Crippen LogP contribution in [0.1, 0.15) is 24.3 Å². The molecule has 3 unspecified atom stereocenters. The Labute approximate surface area is 191 Å². The number of aliphatic imine (C=N–C) groups is 1. The minimum Gasteiger partial charge on any atom is -0.495 e. The van der Waals surface area contributed by atoms with E-state index in [1.54, 1.807) is 7.11 Å². The van der Waals surface area contributed by atoms with Crippen molar-refractivity contribution in [2.45, 2.75) is 24.8 Å². The summed E-state index contributed by atoms with van der Waals surface area (Å²) in [5, 5.41) is 7.13. The number of para-hydroxylation sites is 2. The van der Waals surface area contributed by atoms with Gasteiger partial charge in [-0.3, -0.25) is 4.99 Å². The van der Waals surface area contributed by atoms with Crippen molar-refractivity contribution in [3.63, 3.8) is 0 Å². The first kappa shape index (κ1) is 21.7. The van der Waals surface area contributed by atoms with Crippen LogP contribution >= 0.6 is 24.0 Å². The van der Waals surface area contributed by atoms with Crippen LogP contribution in [0.5, 0.6) is 5.75 Å². The van der Waals surface area contributed by atoms with E-state index in [1.807, 2.05) is 19.2 Å². The number of hydrogen-bond acceptors (Lipinski definition) is 3. The first-order valence-electron chi connectivity index (χ1n) is 10.2. The highest BCUT2D eigenvalue weighted by Gasteiger charge is 2.38. The van der Waals surface area contributed by atoms with Crippen LogP contribution in [0.2, 0.25) is 0 Å². The number of nitrogens with one attached hydrogen (secondary N) is 2. The Kier molecular flexibility index (Phi) is 7.64. The van der Waals surface area contributed by atoms with E-state index < -0.39 is 0 Å². The number of ether oxygens (including phenoxy) is 1. The molecule has 2 aromatic carbocycles. The predicted octanol–water partition coefficient (Wildman–Crippen LogP) is 3.86. The topological polar surface area (TPSA) is 48.9 Å². The Hall–Kier alpha value is -1.96. The van der Waals surface area contributed by atoms with Crippen molar-refractivity contribution < 1.29 is 4.74 Å². The van der Waals surface area contributed by atoms with Crippen LogP contribution < -0.4 is 20.3 Å². The number of anilines is 1. The normalized spacial score (nSPS) is 23.3. The van der Waals surface area contributed by atoms with E-state index in [-0.39, 0.29) is 24.0 Å². The van der Waals surface area contributed by atoms with E-state index in [2.05, 4.69) is 63.0 Å². The van der Waals surface area contributed by atoms with Crippen LogP contribution in [0.4, 0.5) is 5.69 Å². The maximum atomic E-state index is 5.52. The fourth-order valence-electron chi connectivity index (χ4n) is 4.19. The van der Waals surface area contributed by atoms with Gasteiger partial charge in [-0.05, 0) is 42.4 Å². The summed E-state index contributed by atoms with van der Waals surface area (Å²) in [4.78, 5) is 6.82. The van der Waals surface area contributed by atoms with Crippen LogP contribution in [-0.2, 0) is 0 Å². The Morgan fingerprint density at radius 1 is 1.14 bits per heavy atom. The Morgan fingerprint density at radius 3 is 2.66 bits per heavy atom. The van der Waals surface area contributed by atoms with Crippen LogP contribution in [0.3, 0.4) is 0 Å². The van der Waals surface area contributed by atoms with Crippen molar-refractivity contribution in [2.75, 3.05) is 38.7 Å². The number of guanidine groups is 1. The van der Waals surface area contributed by atoms with Crippen LogP contribution in [0, 0.1) is 5.92 Å². The lowest BCUT2D eigenvalue weighted by molar-refractivity contribution is 0.415. The monoisotopic (exact) mass is 506 g/mol. The molecule has 4 rings (SSSR count). The number of methoxy groups -OCH3 is 1. The average molecular weight is 506 g/mol. The highest BCUT2D eigenvalue weighted by Crippen LogP contribution is 2.46. The quantitative estimate of drug-likeness (QED) is 0.355. The Bertz CT molecular complexity index is 814. The molecule has 0 bridgehead atoms. The number of rotatable bonds is 6. The van der Waals surface area contributed by atoms with Gasteiger partial charge in [-0.25, -0.2) is 0 Å². The summed E-state index contributed by atoms with van der Waals surface area (Å²) >= 11 is 0. The van der Waals surface area contributed by atoms with Gasteiger partial charge in [0.25, 0.3) is 0 Å². The fourth-order valence-corrected chi connectivity index (χ4v) is 4.19. The van der Waals surface area contributed by atoms with Gasteiger partial charge >= 0.3 is 0 Å². The lowest BCUT2D eigenvalue weighted by atomic mass is 10.1. The van der Waals surface area contributed by atoms with Gasteiger partial charge in [0.2, 0.25) is 0 Å². The van der Waals surface area contributed by atoms with Gasteiger partial charge in [-0.1, -0.05) is 42.5 Å². The summed E-state index contributed by atoms with van der Waals surface area (Å²) in [6.45, 7) is 2.95. The van der Waals surface area contributed by atoms with Crippen LogP contribution in [0.25, 0.3) is 0 Å². The van der Waals surface area contributed by atoms with Gasteiger partial charge in [0, 0.05) is 32.7 Å². The smallest absolute Gasteiger partial charge is 0.191 e. The molecular formula is C23H31IN4O. The third-order valence-corrected chi connectivity index (χ3v) is 5.86. The van der Waals surface area contributed by atoms with Crippen molar-refractivity contribution in [3.8, 4) is 5.75 Å². The molecule has 0 radical (unpaired) electrons. The van der Waals surface area contributed by atoms with Crippen molar-refractivity contribution in [1.82, 2.24) is 10.6 Å². The molecule has 2 aromatic rings. The van der Waals surface area contributed by atoms with Gasteiger partial charge in [0.15, 0.2) is 5.96 Å². The summed E-state index contributed by atoms with van der Waals surface area (Å²) < 4.78 is 5.52. The van der Waals surface area contributed by atoms with Crippen molar-refractivity contribution in [1.29, 1.82) is 0 Å². The molecule has 1 aliphatic carbocycles. The zero-order valence-corrected chi connectivity index (χ0v) is 19.5. The lowest BCUT2D eigenvalue weighted by Crippen LogP contribution is -2.45. The maximum Gasteiger partial charge on any atom is 0.191 e. The molecule has 156 valence electrons. The zero-order valence-electron chi connectivity index (χ0n) is 17.2. The molecule has 2 N–H and O–H groups in total. The first-order valence-corrected chi connectivity index (χ1v) is 10.2. The summed E-state index contributed by atoms with van der Waals surface area (Å²) in [5.41, 5.74) is 2.63. The molecule has 29 heavy (non-hydrogen) atoms. The van der Waals surface area contributed by atoms with E-state index in [1.165, 1.54) is 17.7 Å². The molecule has 1 saturated carbocycles. The minimum absolute atomic E-state index is 0. The molecule has 3 atom stereocenters. The summed E-state index contributed by atoms with van der Waals surface area (Å²) in [6, 6.07) is 19.4. The number of nitrogens with zero attached hydrogens (tertiary/aromatic N) is 2. The van der Waals surface area contributed by atoms with E-state index in [0.717, 1.165) is 37.8 Å². The van der Waals surface area contributed by atoms with Gasteiger partial charge in [-0.2, -0.15) is 0 Å². The Balaban J connectivity index is 0.00000240. The minimum atomic E-state index is 0. The molecule has 0 amide bonds. The molecule has 0 spiro atoms. The molecule has 1 heterocycles. The largest absolute Gasteiger partial charge is 0.495 e. The highest BCUT2D eigenvalue weighted by atomic mass is 127. The summed E-state index contributed by atoms with van der Waals surface area (Å²) in [5.74, 6) is 3.24. The highest BCUT2D eigenvalue weighted by molar-refractivity contribution is 14.0. The molecule has 1 aliphatic heterocycles. The summed E-state index contributed by atoms with van der Waals surface area (Å²) in [6.07, 6.45) is 2.35. The predicted molar refractivity (Wildman–Crippen MR) is 131 cm³/mol. The molecule has 0 aromatic heterocycles. The van der Waals surface area contributed by atoms with Crippen LogP contribution in [-0.4, -0.2) is 45.8 Å². The molecular weight excluding hydrogens is 475 g/mol. The zero-order chi connectivity index (χ0) is 19.3. The van der Waals surface area contributed by atoms with Crippen molar-refractivity contribution in [3.05, 3.63) is 60.2 Å². The van der Waals surface area contributed by atoms with Gasteiger partial charge < -0.3 is 20.3 Å². The lowest BCUT2D eigenvalue weighted by Gasteiger charge is -2.22. The second kappa shape index (κ2) is 10.2. The number of halogens is 1. The van der Waals surface area contributed by atoms with E-state index >= 15 is 0 Å². The molecule has 2 aliphatic rings. The fraction of sp³-hybridized carbons (Fsp3) is 0.435. The second-order valence-corrected chi connectivity index (χ2v) is 7.71. The maximum absolute atomic E-state index is 5.52. The van der Waals surface area contributed by atoms with E-state index in [4.69, 9.17) is 4.74 Å².